The van der Waals surface area contributed by atoms with Gasteiger partial charge in [0, 0.05) is 31.2 Å². The zero-order valence-corrected chi connectivity index (χ0v) is 16.9. The summed E-state index contributed by atoms with van der Waals surface area (Å²) in [5, 5.41) is 10.1. The van der Waals surface area contributed by atoms with Crippen LogP contribution in [0.1, 0.15) is 32.3 Å². The Kier molecular flexibility index (Phi) is 6.08. The molecule has 0 unspecified atom stereocenters. The predicted molar refractivity (Wildman–Crippen MR) is 105 cm³/mol. The van der Waals surface area contributed by atoms with Gasteiger partial charge in [-0.05, 0) is 30.5 Å². The van der Waals surface area contributed by atoms with Gasteiger partial charge in [-0.15, -0.1) is 10.2 Å². The Morgan fingerprint density at radius 2 is 1.85 bits per heavy atom. The van der Waals surface area contributed by atoms with Crippen molar-refractivity contribution in [3.05, 3.63) is 29.8 Å². The van der Waals surface area contributed by atoms with Crippen molar-refractivity contribution >= 4 is 38.1 Å². The van der Waals surface area contributed by atoms with E-state index < -0.39 is 10.0 Å². The Morgan fingerprint density at radius 3 is 2.48 bits per heavy atom. The van der Waals surface area contributed by atoms with Crippen LogP contribution in [0.25, 0.3) is 0 Å². The summed E-state index contributed by atoms with van der Waals surface area (Å²) in [6, 6.07) is 7.87. The predicted octanol–water partition coefficient (Wildman–Crippen LogP) is 2.21. The molecule has 2 aromatic rings. The highest BCUT2D eigenvalue weighted by Gasteiger charge is 2.21. The summed E-state index contributed by atoms with van der Waals surface area (Å²) < 4.78 is 27.1. The minimum Gasteiger partial charge on any atom is -0.372 e. The van der Waals surface area contributed by atoms with Crippen molar-refractivity contribution in [3.63, 3.8) is 0 Å². The number of amides is 1. The Bertz CT molecular complexity index is 888. The fourth-order valence-electron chi connectivity index (χ4n) is 2.66. The summed E-state index contributed by atoms with van der Waals surface area (Å²) in [6.45, 7) is 5.78. The molecule has 0 saturated carbocycles. The van der Waals surface area contributed by atoms with Crippen molar-refractivity contribution in [3.8, 4) is 0 Å². The summed E-state index contributed by atoms with van der Waals surface area (Å²) in [4.78, 5) is 14.0. The van der Waals surface area contributed by atoms with Gasteiger partial charge in [0.25, 0.3) is 10.0 Å². The van der Waals surface area contributed by atoms with Crippen LogP contribution in [-0.2, 0) is 21.4 Å². The van der Waals surface area contributed by atoms with Crippen LogP contribution in [0.4, 0.5) is 10.8 Å². The Hall–Kier alpha value is -2.04. The molecule has 0 atom stereocenters. The lowest BCUT2D eigenvalue weighted by atomic mass is 10.2. The number of anilines is 2. The molecule has 8 nitrogen and oxygen atoms in total. The van der Waals surface area contributed by atoms with Crippen LogP contribution in [-0.4, -0.2) is 37.6 Å². The number of benzene rings is 1. The molecule has 27 heavy (non-hydrogen) atoms. The van der Waals surface area contributed by atoms with Crippen molar-refractivity contribution in [2.75, 3.05) is 23.3 Å². The average Bonchev–Trinajstić information content (AvgIpc) is 3.32. The van der Waals surface area contributed by atoms with Gasteiger partial charge in [0.05, 0.1) is 0 Å². The number of hydrogen-bond acceptors (Lipinski definition) is 7. The van der Waals surface area contributed by atoms with Gasteiger partial charge in [-0.25, -0.2) is 13.1 Å². The maximum Gasteiger partial charge on any atom is 0.270 e. The number of nitrogens with zero attached hydrogens (tertiary/aromatic N) is 3. The van der Waals surface area contributed by atoms with E-state index in [9.17, 15) is 13.2 Å². The lowest BCUT2D eigenvalue weighted by Gasteiger charge is -2.17. The van der Waals surface area contributed by atoms with Gasteiger partial charge >= 0.3 is 0 Å². The van der Waals surface area contributed by atoms with E-state index in [0.29, 0.717) is 0 Å². The van der Waals surface area contributed by atoms with Crippen LogP contribution in [0.15, 0.2) is 28.6 Å². The highest BCUT2D eigenvalue weighted by atomic mass is 32.2. The zero-order chi connectivity index (χ0) is 19.4. The minimum atomic E-state index is -3.79. The summed E-state index contributed by atoms with van der Waals surface area (Å²) in [6.07, 6.45) is 2.42. The van der Waals surface area contributed by atoms with Gasteiger partial charge in [-0.2, -0.15) is 0 Å². The molecule has 1 aliphatic rings. The second-order valence-corrected chi connectivity index (χ2v) is 9.62. The fraction of sp³-hybridized carbons (Fsp3) is 0.471. The quantitative estimate of drug-likeness (QED) is 0.680. The Labute approximate surface area is 163 Å². The lowest BCUT2D eigenvalue weighted by molar-refractivity contribution is -0.118. The molecule has 0 bridgehead atoms. The van der Waals surface area contributed by atoms with Crippen molar-refractivity contribution in [1.82, 2.24) is 14.9 Å². The topological polar surface area (TPSA) is 104 Å². The van der Waals surface area contributed by atoms with E-state index in [1.165, 1.54) is 12.8 Å². The number of carbonyl (C=O) groups is 1. The van der Waals surface area contributed by atoms with Crippen LogP contribution < -0.4 is 14.9 Å². The molecule has 10 heteroatoms. The van der Waals surface area contributed by atoms with Crippen molar-refractivity contribution < 1.29 is 13.2 Å². The first-order valence-electron chi connectivity index (χ1n) is 8.83. The first-order valence-corrected chi connectivity index (χ1v) is 11.1. The number of sulfonamides is 1. The molecule has 1 aromatic heterocycles. The van der Waals surface area contributed by atoms with Crippen molar-refractivity contribution in [2.45, 2.75) is 37.6 Å². The third kappa shape index (κ3) is 5.02. The smallest absolute Gasteiger partial charge is 0.270 e. The van der Waals surface area contributed by atoms with E-state index in [4.69, 9.17) is 0 Å². The van der Waals surface area contributed by atoms with E-state index >= 15 is 0 Å². The second-order valence-electron chi connectivity index (χ2n) is 6.70. The van der Waals surface area contributed by atoms with Gasteiger partial charge in [-0.1, -0.05) is 37.3 Å². The average molecular weight is 410 g/mol. The molecule has 146 valence electrons. The number of nitrogens with one attached hydrogen (secondary N) is 2. The van der Waals surface area contributed by atoms with Gasteiger partial charge in [0.1, 0.15) is 0 Å². The maximum atomic E-state index is 12.4. The molecule has 2 N–H and O–H groups in total. The molecular weight excluding hydrogens is 386 g/mol. The monoisotopic (exact) mass is 409 g/mol. The Morgan fingerprint density at radius 1 is 1.19 bits per heavy atom. The molecule has 1 fully saturated rings. The zero-order valence-electron chi connectivity index (χ0n) is 15.3. The molecule has 1 aliphatic heterocycles. The molecule has 1 saturated heterocycles. The lowest BCUT2D eigenvalue weighted by Crippen LogP contribution is -2.23. The van der Waals surface area contributed by atoms with E-state index in [1.807, 2.05) is 24.3 Å². The van der Waals surface area contributed by atoms with E-state index in [-0.39, 0.29) is 27.8 Å². The molecule has 0 aliphatic carbocycles. The largest absolute Gasteiger partial charge is 0.372 e. The molecule has 3 rings (SSSR count). The minimum absolute atomic E-state index is 0.163. The summed E-state index contributed by atoms with van der Waals surface area (Å²) in [7, 11) is -3.79. The molecular formula is C17H23N5O3S2. The first kappa shape index (κ1) is 19.7. The van der Waals surface area contributed by atoms with Crippen LogP contribution >= 0.6 is 11.3 Å². The number of rotatable bonds is 7. The highest BCUT2D eigenvalue weighted by Crippen LogP contribution is 2.22. The van der Waals surface area contributed by atoms with Crippen molar-refractivity contribution in [1.29, 1.82) is 0 Å². The van der Waals surface area contributed by atoms with E-state index in [0.717, 1.165) is 35.7 Å². The van der Waals surface area contributed by atoms with Crippen LogP contribution in [0.5, 0.6) is 0 Å². The third-order valence-electron chi connectivity index (χ3n) is 4.26. The normalized spacial score (nSPS) is 14.7. The highest BCUT2D eigenvalue weighted by molar-refractivity contribution is 7.91. The van der Waals surface area contributed by atoms with E-state index in [1.54, 1.807) is 13.8 Å². The number of hydrogen-bond donors (Lipinski definition) is 2. The second kappa shape index (κ2) is 8.32. The molecule has 2 heterocycles. The van der Waals surface area contributed by atoms with Gasteiger partial charge < -0.3 is 10.2 Å². The standard InChI is InChI=1S/C17H23N5O3S2/c1-12(2)15(23)19-16-20-21-17(26-16)27(24,25)18-11-13-5-7-14(8-6-13)22-9-3-4-10-22/h5-8,12,18H,3-4,9-11H2,1-2H3,(H,19,20,23). The van der Waals surface area contributed by atoms with Gasteiger partial charge in [0.15, 0.2) is 0 Å². The first-order chi connectivity index (χ1) is 12.8. The third-order valence-corrected chi connectivity index (χ3v) is 6.87. The van der Waals surface area contributed by atoms with Gasteiger partial charge in [-0.3, -0.25) is 4.79 Å². The SMILES string of the molecule is CC(C)C(=O)Nc1nnc(S(=O)(=O)NCc2ccc(N3CCCC3)cc2)s1. The fourth-order valence-corrected chi connectivity index (χ4v) is 4.62. The number of aromatic nitrogens is 2. The molecule has 0 spiro atoms. The number of carbonyl (C=O) groups excluding carboxylic acids is 1. The summed E-state index contributed by atoms with van der Waals surface area (Å²) in [5.41, 5.74) is 2.02. The van der Waals surface area contributed by atoms with E-state index in [2.05, 4.69) is 25.1 Å². The summed E-state index contributed by atoms with van der Waals surface area (Å²) in [5.74, 6) is -0.461. The Balaban J connectivity index is 1.59. The molecule has 0 radical (unpaired) electrons. The molecule has 1 aromatic carbocycles. The van der Waals surface area contributed by atoms with Crippen LogP contribution in [0.2, 0.25) is 0 Å². The summed E-state index contributed by atoms with van der Waals surface area (Å²) >= 11 is 0.829. The van der Waals surface area contributed by atoms with Crippen LogP contribution in [0, 0.1) is 5.92 Å². The van der Waals surface area contributed by atoms with Crippen molar-refractivity contribution in [2.24, 2.45) is 5.92 Å². The molecule has 1 amide bonds. The van der Waals surface area contributed by atoms with Crippen LogP contribution in [0.3, 0.4) is 0 Å². The van der Waals surface area contributed by atoms with Gasteiger partial charge in [0.2, 0.25) is 15.4 Å². The maximum absolute atomic E-state index is 12.4.